The zero-order valence-corrected chi connectivity index (χ0v) is 23.1. The number of hydrogen-bond donors (Lipinski definition) is 5. The summed E-state index contributed by atoms with van der Waals surface area (Å²) < 4.78 is 5.88. The standard InChI is InChI=1S/C35H32O7/c1-3-6-21(32-17-22-9-10-25(37)19-33(22)42-32)15-26(38)16-23-13-20(2)14-29(27-7-4-5-8-30(27)39)34(23)35(41)28-12-11-24(36)18-31(28)40/h1,4,6-7,9-13,15,17-19,23,29,34,36-40H,5,8,14,16H2,2H3/b21-6+,26-15+. The summed E-state index contributed by atoms with van der Waals surface area (Å²) in [5, 5.41) is 53.0. The van der Waals surface area contributed by atoms with Crippen molar-refractivity contribution < 1.29 is 34.7 Å². The zero-order valence-electron chi connectivity index (χ0n) is 23.1. The van der Waals surface area contributed by atoms with Crippen LogP contribution >= 0.6 is 0 Å². The Bertz CT molecular complexity index is 1740. The van der Waals surface area contributed by atoms with Crippen LogP contribution < -0.4 is 0 Å². The van der Waals surface area contributed by atoms with Gasteiger partial charge in [0.1, 0.15) is 28.6 Å². The second-order valence-corrected chi connectivity index (χ2v) is 10.9. The van der Waals surface area contributed by atoms with E-state index in [1.54, 1.807) is 18.2 Å². The van der Waals surface area contributed by atoms with Crippen molar-refractivity contribution in [3.63, 3.8) is 0 Å². The molecule has 2 aliphatic rings. The van der Waals surface area contributed by atoms with Crippen LogP contribution in [0.3, 0.4) is 0 Å². The molecule has 0 fully saturated rings. The van der Waals surface area contributed by atoms with E-state index in [1.165, 1.54) is 30.4 Å². The molecule has 7 nitrogen and oxygen atoms in total. The van der Waals surface area contributed by atoms with Crippen LogP contribution in [-0.2, 0) is 0 Å². The molecule has 2 aromatic carbocycles. The first kappa shape index (κ1) is 28.4. The Hall–Kier alpha value is -5.09. The number of carbonyl (C=O) groups is 1. The Morgan fingerprint density at radius 1 is 1.10 bits per heavy atom. The van der Waals surface area contributed by atoms with Gasteiger partial charge in [0, 0.05) is 47.8 Å². The number of aromatic hydroxyl groups is 3. The van der Waals surface area contributed by atoms with E-state index in [0.29, 0.717) is 41.8 Å². The first-order chi connectivity index (χ1) is 20.1. The molecule has 1 heterocycles. The fourth-order valence-electron chi connectivity index (χ4n) is 6.01. The summed E-state index contributed by atoms with van der Waals surface area (Å²) in [5.41, 5.74) is 2.64. The average molecular weight is 565 g/mol. The summed E-state index contributed by atoms with van der Waals surface area (Å²) in [7, 11) is 0. The van der Waals surface area contributed by atoms with Gasteiger partial charge in [-0.2, -0.15) is 0 Å². The van der Waals surface area contributed by atoms with Crippen molar-refractivity contribution in [2.24, 2.45) is 17.8 Å². The minimum atomic E-state index is -0.728. The Morgan fingerprint density at radius 3 is 2.60 bits per heavy atom. The molecule has 1 aromatic heterocycles. The molecule has 42 heavy (non-hydrogen) atoms. The third-order valence-electron chi connectivity index (χ3n) is 7.86. The highest BCUT2D eigenvalue weighted by molar-refractivity contribution is 6.01. The van der Waals surface area contributed by atoms with Crippen LogP contribution in [-0.4, -0.2) is 31.3 Å². The van der Waals surface area contributed by atoms with Gasteiger partial charge in [0.15, 0.2) is 5.78 Å². The van der Waals surface area contributed by atoms with Gasteiger partial charge in [0.2, 0.25) is 0 Å². The van der Waals surface area contributed by atoms with Gasteiger partial charge in [0.05, 0.1) is 17.1 Å². The number of ketones is 1. The molecule has 3 unspecified atom stereocenters. The van der Waals surface area contributed by atoms with E-state index in [1.807, 2.05) is 25.2 Å². The second kappa shape index (κ2) is 11.8. The van der Waals surface area contributed by atoms with Crippen molar-refractivity contribution >= 4 is 22.3 Å². The molecule has 0 bridgehead atoms. The van der Waals surface area contributed by atoms with Gasteiger partial charge in [-0.25, -0.2) is 0 Å². The van der Waals surface area contributed by atoms with E-state index in [4.69, 9.17) is 10.8 Å². The van der Waals surface area contributed by atoms with Crippen molar-refractivity contribution in [3.8, 4) is 29.6 Å². The fraction of sp³-hybridized carbons (Fsp3) is 0.229. The van der Waals surface area contributed by atoms with Crippen LogP contribution in [0.5, 0.6) is 17.2 Å². The van der Waals surface area contributed by atoms with Crippen LogP contribution in [0, 0.1) is 30.1 Å². The predicted octanol–water partition coefficient (Wildman–Crippen LogP) is 7.64. The highest BCUT2D eigenvalue weighted by atomic mass is 16.3. The molecule has 0 spiro atoms. The van der Waals surface area contributed by atoms with Gasteiger partial charge in [0.25, 0.3) is 0 Å². The number of phenols is 3. The van der Waals surface area contributed by atoms with Crippen LogP contribution in [0.15, 0.2) is 99.9 Å². The minimum Gasteiger partial charge on any atom is -0.512 e. The summed E-state index contributed by atoms with van der Waals surface area (Å²) in [6.07, 6.45) is 16.1. The number of allylic oxidation sites excluding steroid dienone is 10. The Morgan fingerprint density at radius 2 is 1.86 bits per heavy atom. The molecule has 0 saturated carbocycles. The Kier molecular flexibility index (Phi) is 7.99. The maximum Gasteiger partial charge on any atom is 0.170 e. The highest BCUT2D eigenvalue weighted by Gasteiger charge is 2.41. The molecule has 0 amide bonds. The molecule has 3 atom stereocenters. The van der Waals surface area contributed by atoms with E-state index in [0.717, 1.165) is 17.0 Å². The highest BCUT2D eigenvalue weighted by Crippen LogP contribution is 2.45. The van der Waals surface area contributed by atoms with Gasteiger partial charge in [-0.1, -0.05) is 29.7 Å². The van der Waals surface area contributed by atoms with Crippen molar-refractivity contribution in [2.75, 3.05) is 0 Å². The van der Waals surface area contributed by atoms with Crippen molar-refractivity contribution in [3.05, 3.63) is 107 Å². The van der Waals surface area contributed by atoms with Crippen molar-refractivity contribution in [1.29, 1.82) is 0 Å². The molecule has 0 radical (unpaired) electrons. The maximum absolute atomic E-state index is 14.1. The number of rotatable bonds is 7. The molecule has 3 aromatic rings. The second-order valence-electron chi connectivity index (χ2n) is 10.9. The molecule has 5 N–H and O–H groups in total. The quantitative estimate of drug-likeness (QED) is 0.0655. The number of hydrogen-bond acceptors (Lipinski definition) is 7. The van der Waals surface area contributed by atoms with Crippen molar-refractivity contribution in [1.82, 2.24) is 0 Å². The lowest BCUT2D eigenvalue weighted by Gasteiger charge is -2.37. The third kappa shape index (κ3) is 5.84. The monoisotopic (exact) mass is 564 g/mol. The molecule has 0 saturated heterocycles. The van der Waals surface area contributed by atoms with Crippen LogP contribution in [0.2, 0.25) is 0 Å². The van der Waals surface area contributed by atoms with Gasteiger partial charge in [-0.3, -0.25) is 4.79 Å². The van der Waals surface area contributed by atoms with E-state index >= 15 is 0 Å². The molecule has 5 rings (SSSR count). The van der Waals surface area contributed by atoms with E-state index < -0.39 is 17.8 Å². The van der Waals surface area contributed by atoms with Crippen LogP contribution in [0.1, 0.15) is 48.7 Å². The number of fused-ring (bicyclic) bond motifs is 1. The normalized spacial score (nSPS) is 21.3. The Labute approximate surface area is 243 Å². The first-order valence-corrected chi connectivity index (χ1v) is 13.8. The topological polar surface area (TPSA) is 131 Å². The average Bonchev–Trinajstić information content (AvgIpc) is 3.36. The number of terminal acetylenes is 1. The lowest BCUT2D eigenvalue weighted by Crippen LogP contribution is -2.35. The predicted molar refractivity (Wildman–Crippen MR) is 161 cm³/mol. The van der Waals surface area contributed by atoms with Crippen molar-refractivity contribution in [2.45, 2.75) is 32.6 Å². The molecule has 0 aliphatic heterocycles. The molecular formula is C35H32O7. The van der Waals surface area contributed by atoms with E-state index in [9.17, 15) is 30.3 Å². The van der Waals surface area contributed by atoms with Crippen LogP contribution in [0.4, 0.5) is 0 Å². The maximum atomic E-state index is 14.1. The fourth-order valence-corrected chi connectivity index (χ4v) is 6.01. The SMILES string of the molecule is C#C/C=C(\C=C(\O)CC1C=C(C)CC(C2=C(O)CCC=C2)C1C(=O)c1ccc(O)cc1O)c1cc2ccc(O)cc2o1. The third-order valence-corrected chi connectivity index (χ3v) is 7.86. The van der Waals surface area contributed by atoms with E-state index in [2.05, 4.69) is 5.92 Å². The number of phenolic OH excluding ortho intramolecular Hbond substituents is 3. The summed E-state index contributed by atoms with van der Waals surface area (Å²) in [5.74, 6) is 0.654. The molecule has 2 aliphatic carbocycles. The van der Waals surface area contributed by atoms with Gasteiger partial charge < -0.3 is 29.9 Å². The lowest BCUT2D eigenvalue weighted by molar-refractivity contribution is 0.0824. The zero-order chi connectivity index (χ0) is 30.0. The van der Waals surface area contributed by atoms with E-state index in [-0.39, 0.29) is 46.5 Å². The van der Waals surface area contributed by atoms with Crippen LogP contribution in [0.25, 0.3) is 16.5 Å². The summed E-state index contributed by atoms with van der Waals surface area (Å²) in [6.45, 7) is 1.96. The number of aliphatic hydroxyl groups is 2. The lowest BCUT2D eigenvalue weighted by atomic mass is 9.65. The summed E-state index contributed by atoms with van der Waals surface area (Å²) in [6, 6.07) is 10.4. The summed E-state index contributed by atoms with van der Waals surface area (Å²) in [4.78, 5) is 14.1. The number of benzene rings is 2. The number of aliphatic hydroxyl groups excluding tert-OH is 2. The molecule has 7 heteroatoms. The molecule has 214 valence electrons. The number of carbonyl (C=O) groups excluding carboxylic acids is 1. The minimum absolute atomic E-state index is 0.0420. The summed E-state index contributed by atoms with van der Waals surface area (Å²) >= 11 is 0. The Balaban J connectivity index is 1.53. The van der Waals surface area contributed by atoms with Gasteiger partial charge in [-0.15, -0.1) is 6.42 Å². The largest absolute Gasteiger partial charge is 0.512 e. The smallest absolute Gasteiger partial charge is 0.170 e. The van der Waals surface area contributed by atoms with Gasteiger partial charge >= 0.3 is 0 Å². The van der Waals surface area contributed by atoms with Gasteiger partial charge in [-0.05, 0) is 73.7 Å². The number of furan rings is 1. The first-order valence-electron chi connectivity index (χ1n) is 13.8. The molecular weight excluding hydrogens is 532 g/mol. The number of Topliss-reactive ketones (excluding diaryl/α,β-unsaturated/α-hetero) is 1.